The Morgan fingerprint density at radius 1 is 1.44 bits per heavy atom. The molecular formula is C11H6BrClN2O3. The van der Waals surface area contributed by atoms with E-state index in [4.69, 9.17) is 21.1 Å². The predicted octanol–water partition coefficient (Wildman–Crippen LogP) is 3.25. The fraction of sp³-hybridized carbons (Fsp3) is 0. The van der Waals surface area contributed by atoms with Gasteiger partial charge in [-0.3, -0.25) is 0 Å². The fourth-order valence-electron chi connectivity index (χ4n) is 1.19. The molecule has 0 fully saturated rings. The molecule has 2 rings (SSSR count). The number of halogens is 2. The molecule has 0 atom stereocenters. The van der Waals surface area contributed by atoms with Crippen LogP contribution in [0.5, 0.6) is 0 Å². The Hall–Kier alpha value is -1.66. The number of hydrogen-bond donors (Lipinski definition) is 1. The Labute approximate surface area is 115 Å². The van der Waals surface area contributed by atoms with E-state index in [0.29, 0.717) is 15.1 Å². The van der Waals surface area contributed by atoms with Gasteiger partial charge in [0.25, 0.3) is 0 Å². The third-order valence-corrected chi connectivity index (χ3v) is 3.19. The highest BCUT2D eigenvalue weighted by Crippen LogP contribution is 2.28. The van der Waals surface area contributed by atoms with Crippen LogP contribution in [-0.4, -0.2) is 21.3 Å². The highest BCUT2D eigenvalue weighted by Gasteiger charge is 2.08. The van der Waals surface area contributed by atoms with Gasteiger partial charge in [-0.25, -0.2) is 4.79 Å². The predicted molar refractivity (Wildman–Crippen MR) is 69.1 cm³/mol. The lowest BCUT2D eigenvalue weighted by molar-refractivity contribution is -0.131. The van der Waals surface area contributed by atoms with E-state index in [1.807, 2.05) is 0 Å². The van der Waals surface area contributed by atoms with Crippen LogP contribution < -0.4 is 0 Å². The van der Waals surface area contributed by atoms with Crippen molar-refractivity contribution in [2.75, 3.05) is 0 Å². The van der Waals surface area contributed by atoms with Gasteiger partial charge in [-0.2, -0.15) is 0 Å². The molecule has 0 spiro atoms. The van der Waals surface area contributed by atoms with Gasteiger partial charge in [-0.05, 0) is 34.1 Å². The summed E-state index contributed by atoms with van der Waals surface area (Å²) in [6.45, 7) is 0. The maximum Gasteiger partial charge on any atom is 0.328 e. The number of benzene rings is 1. The Kier molecular flexibility index (Phi) is 3.78. The van der Waals surface area contributed by atoms with E-state index in [9.17, 15) is 4.79 Å². The number of aromatic nitrogens is 2. The molecule has 0 saturated carbocycles. The number of hydrogen-bond acceptors (Lipinski definition) is 4. The molecule has 0 bridgehead atoms. The van der Waals surface area contributed by atoms with Gasteiger partial charge in [0.15, 0.2) is 0 Å². The molecule has 1 heterocycles. The lowest BCUT2D eigenvalue weighted by Gasteiger charge is -1.97. The van der Waals surface area contributed by atoms with Crippen LogP contribution in [0.15, 0.2) is 33.2 Å². The highest BCUT2D eigenvalue weighted by molar-refractivity contribution is 9.10. The summed E-state index contributed by atoms with van der Waals surface area (Å²) in [6, 6.07) is 5.16. The van der Waals surface area contributed by atoms with Crippen molar-refractivity contribution in [3.8, 4) is 11.5 Å². The zero-order chi connectivity index (χ0) is 13.1. The van der Waals surface area contributed by atoms with Crippen molar-refractivity contribution < 1.29 is 14.3 Å². The van der Waals surface area contributed by atoms with Gasteiger partial charge < -0.3 is 9.52 Å². The van der Waals surface area contributed by atoms with Crippen LogP contribution in [0.1, 0.15) is 5.89 Å². The van der Waals surface area contributed by atoms with Crippen molar-refractivity contribution >= 4 is 39.6 Å². The minimum absolute atomic E-state index is 0.124. The van der Waals surface area contributed by atoms with E-state index < -0.39 is 5.97 Å². The largest absolute Gasteiger partial charge is 0.478 e. The smallest absolute Gasteiger partial charge is 0.328 e. The number of nitrogens with zero attached hydrogens (tertiary/aromatic N) is 2. The molecule has 1 N–H and O–H groups in total. The lowest BCUT2D eigenvalue weighted by Crippen LogP contribution is -1.85. The number of rotatable bonds is 3. The quantitative estimate of drug-likeness (QED) is 0.875. The lowest BCUT2D eigenvalue weighted by atomic mass is 10.2. The van der Waals surface area contributed by atoms with Crippen LogP contribution >= 0.6 is 27.5 Å². The summed E-state index contributed by atoms with van der Waals surface area (Å²) in [5.41, 5.74) is 0.689. The van der Waals surface area contributed by atoms with Crippen LogP contribution in [0.2, 0.25) is 5.02 Å². The van der Waals surface area contributed by atoms with Crippen LogP contribution in [0.25, 0.3) is 17.5 Å². The second-order valence-electron chi connectivity index (χ2n) is 3.25. The van der Waals surface area contributed by atoms with Crippen LogP contribution in [0.4, 0.5) is 0 Å². The zero-order valence-corrected chi connectivity index (χ0v) is 11.1. The van der Waals surface area contributed by atoms with Crippen LogP contribution in [0.3, 0.4) is 0 Å². The summed E-state index contributed by atoms with van der Waals surface area (Å²) < 4.78 is 5.99. The minimum Gasteiger partial charge on any atom is -0.478 e. The third-order valence-electron chi connectivity index (χ3n) is 1.98. The van der Waals surface area contributed by atoms with Crippen molar-refractivity contribution in [2.24, 2.45) is 0 Å². The Morgan fingerprint density at radius 2 is 2.22 bits per heavy atom. The maximum absolute atomic E-state index is 10.3. The molecule has 0 radical (unpaired) electrons. The topological polar surface area (TPSA) is 76.2 Å². The SMILES string of the molecule is O=C(O)/C=C/c1nnc(-c2ccc(Cl)c(Br)c2)o1. The van der Waals surface area contributed by atoms with Gasteiger partial charge in [-0.15, -0.1) is 10.2 Å². The second-order valence-corrected chi connectivity index (χ2v) is 4.51. The number of aliphatic carboxylic acids is 1. The molecule has 1 aromatic carbocycles. The number of carbonyl (C=O) groups is 1. The first-order chi connectivity index (χ1) is 8.56. The summed E-state index contributed by atoms with van der Waals surface area (Å²) >= 11 is 9.15. The molecule has 7 heteroatoms. The number of carboxylic acid groups (broad SMARTS) is 1. The molecule has 18 heavy (non-hydrogen) atoms. The van der Waals surface area contributed by atoms with E-state index in [0.717, 1.165) is 6.08 Å². The summed E-state index contributed by atoms with van der Waals surface area (Å²) in [6.07, 6.45) is 2.15. The molecule has 0 aliphatic rings. The van der Waals surface area contributed by atoms with E-state index >= 15 is 0 Å². The Morgan fingerprint density at radius 3 is 2.89 bits per heavy atom. The summed E-state index contributed by atoms with van der Waals surface area (Å²) in [5.74, 6) is -0.667. The van der Waals surface area contributed by atoms with E-state index in [1.54, 1.807) is 18.2 Å². The van der Waals surface area contributed by atoms with E-state index in [1.165, 1.54) is 6.08 Å². The van der Waals surface area contributed by atoms with Crippen LogP contribution in [0, 0.1) is 0 Å². The molecule has 0 aliphatic heterocycles. The van der Waals surface area contributed by atoms with Gasteiger partial charge in [0, 0.05) is 22.2 Å². The van der Waals surface area contributed by atoms with Crippen molar-refractivity contribution in [2.45, 2.75) is 0 Å². The normalized spacial score (nSPS) is 11.0. The van der Waals surface area contributed by atoms with E-state index in [-0.39, 0.29) is 11.8 Å². The maximum atomic E-state index is 10.3. The molecule has 1 aromatic heterocycles. The molecular weight excluding hydrogens is 323 g/mol. The average molecular weight is 330 g/mol. The fourth-order valence-corrected chi connectivity index (χ4v) is 1.69. The average Bonchev–Trinajstić information content (AvgIpc) is 2.79. The molecule has 0 amide bonds. The first-order valence-electron chi connectivity index (χ1n) is 4.76. The Balaban J connectivity index is 2.29. The number of carboxylic acids is 1. The molecule has 0 aliphatic carbocycles. The molecule has 92 valence electrons. The van der Waals surface area contributed by atoms with Gasteiger partial charge in [0.2, 0.25) is 11.8 Å². The standard InChI is InChI=1S/C11H6BrClN2O3/c12-7-5-6(1-2-8(7)13)11-15-14-9(18-11)3-4-10(16)17/h1-5H,(H,16,17)/b4-3+. The zero-order valence-electron chi connectivity index (χ0n) is 8.80. The molecule has 2 aromatic rings. The van der Waals surface area contributed by atoms with Crippen LogP contribution in [-0.2, 0) is 4.79 Å². The van der Waals surface area contributed by atoms with Crippen molar-refractivity contribution in [1.82, 2.24) is 10.2 Å². The molecule has 0 unspecified atom stereocenters. The first-order valence-corrected chi connectivity index (χ1v) is 5.93. The Bertz CT molecular complexity index is 625. The van der Waals surface area contributed by atoms with Gasteiger partial charge in [-0.1, -0.05) is 11.6 Å². The summed E-state index contributed by atoms with van der Waals surface area (Å²) in [5, 5.41) is 16.6. The van der Waals surface area contributed by atoms with Crippen molar-refractivity contribution in [1.29, 1.82) is 0 Å². The van der Waals surface area contributed by atoms with Crippen molar-refractivity contribution in [3.05, 3.63) is 39.7 Å². The molecule has 0 saturated heterocycles. The minimum atomic E-state index is -1.08. The first kappa shape index (κ1) is 12.8. The van der Waals surface area contributed by atoms with Gasteiger partial charge in [0.05, 0.1) is 5.02 Å². The third kappa shape index (κ3) is 2.96. The highest BCUT2D eigenvalue weighted by atomic mass is 79.9. The van der Waals surface area contributed by atoms with Crippen molar-refractivity contribution in [3.63, 3.8) is 0 Å². The van der Waals surface area contributed by atoms with Gasteiger partial charge >= 0.3 is 5.97 Å². The molecule has 5 nitrogen and oxygen atoms in total. The second kappa shape index (κ2) is 5.32. The van der Waals surface area contributed by atoms with Gasteiger partial charge in [0.1, 0.15) is 0 Å². The van der Waals surface area contributed by atoms with E-state index in [2.05, 4.69) is 26.1 Å². The monoisotopic (exact) mass is 328 g/mol. The summed E-state index contributed by atoms with van der Waals surface area (Å²) in [7, 11) is 0. The summed E-state index contributed by atoms with van der Waals surface area (Å²) in [4.78, 5) is 10.3.